The van der Waals surface area contributed by atoms with Crippen LogP contribution in [0.2, 0.25) is 0 Å². The fourth-order valence-electron chi connectivity index (χ4n) is 1.84. The molecule has 2 amide bonds. The number of methoxy groups -OCH3 is 1. The van der Waals surface area contributed by atoms with Gasteiger partial charge in [-0.3, -0.25) is 14.6 Å². The van der Waals surface area contributed by atoms with Gasteiger partial charge in [-0.15, -0.1) is 0 Å². The fourth-order valence-corrected chi connectivity index (χ4v) is 1.84. The summed E-state index contributed by atoms with van der Waals surface area (Å²) in [6.07, 6.45) is 1.29. The minimum atomic E-state index is -0.894. The summed E-state index contributed by atoms with van der Waals surface area (Å²) < 4.78 is 31.2. The van der Waals surface area contributed by atoms with Gasteiger partial charge >= 0.3 is 0 Å². The van der Waals surface area contributed by atoms with Crippen molar-refractivity contribution in [2.24, 2.45) is 0 Å². The molecule has 1 aromatic carbocycles. The molecule has 0 unspecified atom stereocenters. The number of rotatable bonds is 6. The zero-order valence-corrected chi connectivity index (χ0v) is 12.8. The van der Waals surface area contributed by atoms with Gasteiger partial charge in [0.05, 0.1) is 12.3 Å². The maximum Gasteiger partial charge on any atom is 0.269 e. The normalized spacial score (nSPS) is 10.3. The van der Waals surface area contributed by atoms with E-state index in [2.05, 4.69) is 15.6 Å². The fraction of sp³-hybridized carbons (Fsp3) is 0.188. The molecular weight excluding hydrogens is 320 g/mol. The van der Waals surface area contributed by atoms with Crippen LogP contribution in [-0.4, -0.2) is 37.1 Å². The standard InChI is InChI=1S/C16H15F2N3O3/c1-24-7-6-20-16(23)14-8-10(4-5-19-14)15(22)21-13-3-2-11(17)9-12(13)18/h2-5,8-9H,6-7H2,1H3,(H,20,23)(H,21,22). The van der Waals surface area contributed by atoms with Gasteiger partial charge in [0.1, 0.15) is 17.3 Å². The van der Waals surface area contributed by atoms with Crippen molar-refractivity contribution in [3.63, 3.8) is 0 Å². The minimum Gasteiger partial charge on any atom is -0.383 e. The summed E-state index contributed by atoms with van der Waals surface area (Å²) in [5, 5.41) is 4.88. The van der Waals surface area contributed by atoms with Gasteiger partial charge in [0.2, 0.25) is 0 Å². The number of carbonyl (C=O) groups is 2. The molecular formula is C16H15F2N3O3. The highest BCUT2D eigenvalue weighted by molar-refractivity contribution is 6.05. The van der Waals surface area contributed by atoms with Crippen LogP contribution in [0.15, 0.2) is 36.5 Å². The highest BCUT2D eigenvalue weighted by Gasteiger charge is 2.13. The smallest absolute Gasteiger partial charge is 0.269 e. The van der Waals surface area contributed by atoms with E-state index in [4.69, 9.17) is 4.74 Å². The third-order valence-corrected chi connectivity index (χ3v) is 3.03. The van der Waals surface area contributed by atoms with Gasteiger partial charge in [-0.25, -0.2) is 8.78 Å². The number of halogens is 2. The molecule has 0 fully saturated rings. The molecule has 0 spiro atoms. The van der Waals surface area contributed by atoms with E-state index in [0.29, 0.717) is 19.2 Å². The summed E-state index contributed by atoms with van der Waals surface area (Å²) in [5.41, 5.74) is -0.00624. The van der Waals surface area contributed by atoms with E-state index >= 15 is 0 Å². The number of hydrogen-bond acceptors (Lipinski definition) is 4. The van der Waals surface area contributed by atoms with Crippen molar-refractivity contribution in [2.75, 3.05) is 25.6 Å². The Kier molecular flexibility index (Phi) is 5.91. The molecule has 1 aromatic heterocycles. The van der Waals surface area contributed by atoms with E-state index in [9.17, 15) is 18.4 Å². The van der Waals surface area contributed by atoms with Gasteiger partial charge in [-0.2, -0.15) is 0 Å². The molecule has 0 bridgehead atoms. The molecule has 6 nitrogen and oxygen atoms in total. The maximum atomic E-state index is 13.6. The Labute approximate surface area is 136 Å². The molecule has 2 rings (SSSR count). The molecule has 1 heterocycles. The first-order chi connectivity index (χ1) is 11.5. The Bertz CT molecular complexity index is 753. The van der Waals surface area contributed by atoms with Crippen molar-refractivity contribution >= 4 is 17.5 Å². The molecule has 8 heteroatoms. The monoisotopic (exact) mass is 335 g/mol. The van der Waals surface area contributed by atoms with Gasteiger partial charge in [0.15, 0.2) is 0 Å². The third-order valence-electron chi connectivity index (χ3n) is 3.03. The first kappa shape index (κ1) is 17.5. The van der Waals surface area contributed by atoms with Gasteiger partial charge in [-0.1, -0.05) is 0 Å². The summed E-state index contributed by atoms with van der Waals surface area (Å²) in [7, 11) is 1.50. The van der Waals surface area contributed by atoms with Crippen molar-refractivity contribution in [2.45, 2.75) is 0 Å². The number of amides is 2. The van der Waals surface area contributed by atoms with Crippen molar-refractivity contribution in [3.05, 3.63) is 59.4 Å². The molecule has 0 saturated carbocycles. The Balaban J connectivity index is 2.09. The maximum absolute atomic E-state index is 13.6. The van der Waals surface area contributed by atoms with Crippen LogP contribution in [0, 0.1) is 11.6 Å². The molecule has 126 valence electrons. The second-order valence-corrected chi connectivity index (χ2v) is 4.76. The van der Waals surface area contributed by atoms with Crippen molar-refractivity contribution in [1.29, 1.82) is 0 Å². The van der Waals surface area contributed by atoms with Crippen molar-refractivity contribution < 1.29 is 23.1 Å². The topological polar surface area (TPSA) is 80.3 Å². The SMILES string of the molecule is COCCNC(=O)c1cc(C(=O)Nc2ccc(F)cc2F)ccn1. The lowest BCUT2D eigenvalue weighted by molar-refractivity contribution is 0.0932. The summed E-state index contributed by atoms with van der Waals surface area (Å²) in [4.78, 5) is 27.9. The van der Waals surface area contributed by atoms with Crippen molar-refractivity contribution in [1.82, 2.24) is 10.3 Å². The molecule has 2 aromatic rings. The molecule has 0 radical (unpaired) electrons. The lowest BCUT2D eigenvalue weighted by atomic mass is 10.2. The van der Waals surface area contributed by atoms with Crippen LogP contribution in [0.3, 0.4) is 0 Å². The number of pyridine rings is 1. The highest BCUT2D eigenvalue weighted by atomic mass is 19.1. The summed E-state index contributed by atoms with van der Waals surface area (Å²) in [5.74, 6) is -2.75. The predicted molar refractivity (Wildman–Crippen MR) is 82.8 cm³/mol. The number of aromatic nitrogens is 1. The van der Waals surface area contributed by atoms with Crippen LogP contribution in [0.5, 0.6) is 0 Å². The predicted octanol–water partition coefficient (Wildman–Crippen LogP) is 1.99. The first-order valence-corrected chi connectivity index (χ1v) is 7.01. The Morgan fingerprint density at radius 2 is 1.96 bits per heavy atom. The third kappa shape index (κ3) is 4.56. The van der Waals surface area contributed by atoms with E-state index in [1.807, 2.05) is 0 Å². The van der Waals surface area contributed by atoms with Crippen LogP contribution < -0.4 is 10.6 Å². The molecule has 0 aliphatic carbocycles. The first-order valence-electron chi connectivity index (χ1n) is 7.01. The number of carbonyl (C=O) groups excluding carboxylic acids is 2. The Hall–Kier alpha value is -2.87. The van der Waals surface area contributed by atoms with Gasteiger partial charge < -0.3 is 15.4 Å². The van der Waals surface area contributed by atoms with Gasteiger partial charge in [0, 0.05) is 31.5 Å². The quantitative estimate of drug-likeness (QED) is 0.791. The number of anilines is 1. The zero-order valence-electron chi connectivity index (χ0n) is 12.8. The van der Waals surface area contributed by atoms with Crippen LogP contribution >= 0.6 is 0 Å². The number of ether oxygens (including phenoxy) is 1. The summed E-state index contributed by atoms with van der Waals surface area (Å²) in [6.45, 7) is 0.643. The molecule has 24 heavy (non-hydrogen) atoms. The Morgan fingerprint density at radius 3 is 2.67 bits per heavy atom. The van der Waals surface area contributed by atoms with Crippen LogP contribution in [0.4, 0.5) is 14.5 Å². The molecule has 0 aliphatic heterocycles. The molecule has 2 N–H and O–H groups in total. The summed E-state index contributed by atoms with van der Waals surface area (Å²) in [6, 6.07) is 5.46. The second-order valence-electron chi connectivity index (χ2n) is 4.76. The molecule has 0 atom stereocenters. The van der Waals surface area contributed by atoms with E-state index in [0.717, 1.165) is 12.1 Å². The number of hydrogen-bond donors (Lipinski definition) is 2. The average Bonchev–Trinajstić information content (AvgIpc) is 2.57. The lowest BCUT2D eigenvalue weighted by Crippen LogP contribution is -2.28. The lowest BCUT2D eigenvalue weighted by Gasteiger charge is -2.08. The van der Waals surface area contributed by atoms with Gasteiger partial charge in [-0.05, 0) is 24.3 Å². The van der Waals surface area contributed by atoms with E-state index in [-0.39, 0.29) is 16.9 Å². The summed E-state index contributed by atoms with van der Waals surface area (Å²) >= 11 is 0. The van der Waals surface area contributed by atoms with E-state index in [1.54, 1.807) is 0 Å². The zero-order chi connectivity index (χ0) is 17.5. The van der Waals surface area contributed by atoms with E-state index < -0.39 is 23.4 Å². The largest absolute Gasteiger partial charge is 0.383 e. The number of nitrogens with zero attached hydrogens (tertiary/aromatic N) is 1. The highest BCUT2D eigenvalue weighted by Crippen LogP contribution is 2.16. The van der Waals surface area contributed by atoms with Crippen LogP contribution in [-0.2, 0) is 4.74 Å². The minimum absolute atomic E-state index is 0.0401. The van der Waals surface area contributed by atoms with E-state index in [1.165, 1.54) is 25.4 Å². The number of nitrogens with one attached hydrogen (secondary N) is 2. The Morgan fingerprint density at radius 1 is 1.17 bits per heavy atom. The molecule has 0 saturated heterocycles. The number of benzene rings is 1. The molecule has 0 aliphatic rings. The van der Waals surface area contributed by atoms with Crippen molar-refractivity contribution in [3.8, 4) is 0 Å². The average molecular weight is 335 g/mol. The van der Waals surface area contributed by atoms with Crippen LogP contribution in [0.25, 0.3) is 0 Å². The van der Waals surface area contributed by atoms with Gasteiger partial charge in [0.25, 0.3) is 11.8 Å². The second kappa shape index (κ2) is 8.11. The van der Waals surface area contributed by atoms with Crippen LogP contribution in [0.1, 0.15) is 20.8 Å².